The van der Waals surface area contributed by atoms with Crippen LogP contribution in [0, 0.1) is 13.8 Å². The number of ether oxygens (including phenoxy) is 1. The fourth-order valence-corrected chi connectivity index (χ4v) is 1.77. The van der Waals surface area contributed by atoms with Gasteiger partial charge < -0.3 is 9.84 Å². The van der Waals surface area contributed by atoms with Crippen LogP contribution in [-0.4, -0.2) is 5.11 Å². The molecule has 2 nitrogen and oxygen atoms in total. The van der Waals surface area contributed by atoms with Crippen molar-refractivity contribution in [2.75, 3.05) is 0 Å². The third-order valence-corrected chi connectivity index (χ3v) is 2.64. The van der Waals surface area contributed by atoms with Gasteiger partial charge in [0.1, 0.15) is 18.1 Å². The second kappa shape index (κ2) is 4.91. The largest absolute Gasteiger partial charge is 0.508 e. The van der Waals surface area contributed by atoms with E-state index >= 15 is 0 Å². The number of aromatic hydroxyl groups is 1. The average Bonchev–Trinajstić information content (AvgIpc) is 2.28. The van der Waals surface area contributed by atoms with Crippen LogP contribution in [0.15, 0.2) is 42.5 Å². The van der Waals surface area contributed by atoms with Crippen molar-refractivity contribution >= 4 is 0 Å². The van der Waals surface area contributed by atoms with Gasteiger partial charge in [-0.1, -0.05) is 29.8 Å². The maximum absolute atomic E-state index is 9.35. The van der Waals surface area contributed by atoms with Crippen LogP contribution >= 0.6 is 0 Å². The zero-order chi connectivity index (χ0) is 12.3. The van der Waals surface area contributed by atoms with Crippen LogP contribution in [0.25, 0.3) is 0 Å². The summed E-state index contributed by atoms with van der Waals surface area (Å²) in [4.78, 5) is 0. The standard InChI is InChI=1S/C15H16O2/c1-11-6-7-15(12(2)8-11)17-10-13-4-3-5-14(16)9-13/h3-9,16H,10H2,1-2H3. The molecule has 0 bridgehead atoms. The minimum Gasteiger partial charge on any atom is -0.508 e. The van der Waals surface area contributed by atoms with Crippen molar-refractivity contribution in [2.45, 2.75) is 20.5 Å². The molecule has 88 valence electrons. The van der Waals surface area contributed by atoms with Crippen molar-refractivity contribution in [2.24, 2.45) is 0 Å². The monoisotopic (exact) mass is 228 g/mol. The fourth-order valence-electron chi connectivity index (χ4n) is 1.77. The van der Waals surface area contributed by atoms with Crippen LogP contribution in [0.2, 0.25) is 0 Å². The quantitative estimate of drug-likeness (QED) is 0.870. The van der Waals surface area contributed by atoms with Crippen molar-refractivity contribution in [1.29, 1.82) is 0 Å². The Hall–Kier alpha value is -1.96. The number of aryl methyl sites for hydroxylation is 2. The lowest BCUT2D eigenvalue weighted by Crippen LogP contribution is -1.96. The summed E-state index contributed by atoms with van der Waals surface area (Å²) in [7, 11) is 0. The number of rotatable bonds is 3. The van der Waals surface area contributed by atoms with E-state index in [2.05, 4.69) is 13.0 Å². The molecule has 0 heterocycles. The van der Waals surface area contributed by atoms with Crippen molar-refractivity contribution in [3.8, 4) is 11.5 Å². The zero-order valence-corrected chi connectivity index (χ0v) is 10.1. The first kappa shape index (κ1) is 11.5. The first-order chi connectivity index (χ1) is 8.15. The lowest BCUT2D eigenvalue weighted by Gasteiger charge is -2.09. The molecule has 2 heteroatoms. The number of phenolic OH excluding ortho intramolecular Hbond substituents is 1. The highest BCUT2D eigenvalue weighted by Crippen LogP contribution is 2.20. The first-order valence-electron chi connectivity index (χ1n) is 5.63. The van der Waals surface area contributed by atoms with Gasteiger partial charge in [-0.3, -0.25) is 0 Å². The molecule has 0 radical (unpaired) electrons. The predicted octanol–water partition coefficient (Wildman–Crippen LogP) is 3.59. The van der Waals surface area contributed by atoms with Gasteiger partial charge in [-0.05, 0) is 43.2 Å². The summed E-state index contributed by atoms with van der Waals surface area (Å²) in [5.41, 5.74) is 3.32. The van der Waals surface area contributed by atoms with E-state index in [1.54, 1.807) is 12.1 Å². The summed E-state index contributed by atoms with van der Waals surface area (Å²) in [5.74, 6) is 1.16. The molecule has 0 aliphatic carbocycles. The molecular weight excluding hydrogens is 212 g/mol. The molecule has 2 aromatic rings. The summed E-state index contributed by atoms with van der Waals surface area (Å²) in [5, 5.41) is 9.35. The summed E-state index contributed by atoms with van der Waals surface area (Å²) < 4.78 is 5.72. The Morgan fingerprint density at radius 2 is 1.88 bits per heavy atom. The molecule has 0 amide bonds. The van der Waals surface area contributed by atoms with Gasteiger partial charge in [-0.15, -0.1) is 0 Å². The highest BCUT2D eigenvalue weighted by Gasteiger charge is 2.00. The van der Waals surface area contributed by atoms with Crippen LogP contribution in [0.5, 0.6) is 11.5 Å². The van der Waals surface area contributed by atoms with E-state index < -0.39 is 0 Å². The normalized spacial score (nSPS) is 10.2. The third kappa shape index (κ3) is 3.00. The predicted molar refractivity (Wildman–Crippen MR) is 68.4 cm³/mol. The molecule has 2 rings (SSSR count). The van der Waals surface area contributed by atoms with E-state index in [1.165, 1.54) is 5.56 Å². The average molecular weight is 228 g/mol. The van der Waals surface area contributed by atoms with Crippen LogP contribution in [0.1, 0.15) is 16.7 Å². The van der Waals surface area contributed by atoms with E-state index in [4.69, 9.17) is 4.74 Å². The first-order valence-corrected chi connectivity index (χ1v) is 5.63. The van der Waals surface area contributed by atoms with Gasteiger partial charge in [0.15, 0.2) is 0 Å². The maximum Gasteiger partial charge on any atom is 0.122 e. The fraction of sp³-hybridized carbons (Fsp3) is 0.200. The lowest BCUT2D eigenvalue weighted by atomic mass is 10.1. The Bertz CT molecular complexity index is 518. The molecule has 0 aliphatic rings. The second-order valence-electron chi connectivity index (χ2n) is 4.23. The summed E-state index contributed by atoms with van der Waals surface area (Å²) in [6, 6.07) is 13.2. The molecule has 0 saturated heterocycles. The number of hydrogen-bond acceptors (Lipinski definition) is 2. The van der Waals surface area contributed by atoms with Gasteiger partial charge in [0.25, 0.3) is 0 Å². The molecule has 0 aliphatic heterocycles. The van der Waals surface area contributed by atoms with E-state index in [0.29, 0.717) is 6.61 Å². The van der Waals surface area contributed by atoms with E-state index in [0.717, 1.165) is 16.9 Å². The van der Waals surface area contributed by atoms with E-state index in [-0.39, 0.29) is 5.75 Å². The molecule has 0 spiro atoms. The van der Waals surface area contributed by atoms with Gasteiger partial charge in [-0.25, -0.2) is 0 Å². The van der Waals surface area contributed by atoms with Crippen molar-refractivity contribution in [1.82, 2.24) is 0 Å². The Morgan fingerprint density at radius 3 is 2.59 bits per heavy atom. The van der Waals surface area contributed by atoms with E-state index in [9.17, 15) is 5.11 Å². The van der Waals surface area contributed by atoms with E-state index in [1.807, 2.05) is 31.2 Å². The number of phenols is 1. The maximum atomic E-state index is 9.35. The highest BCUT2D eigenvalue weighted by molar-refractivity contribution is 5.36. The van der Waals surface area contributed by atoms with Gasteiger partial charge in [0.2, 0.25) is 0 Å². The van der Waals surface area contributed by atoms with Crippen LogP contribution < -0.4 is 4.74 Å². The molecule has 0 saturated carbocycles. The minimum absolute atomic E-state index is 0.270. The summed E-state index contributed by atoms with van der Waals surface area (Å²) in [6.45, 7) is 4.56. The van der Waals surface area contributed by atoms with Gasteiger partial charge in [0.05, 0.1) is 0 Å². The molecule has 17 heavy (non-hydrogen) atoms. The molecule has 0 fully saturated rings. The zero-order valence-electron chi connectivity index (χ0n) is 10.1. The van der Waals surface area contributed by atoms with Crippen LogP contribution in [-0.2, 0) is 6.61 Å². The van der Waals surface area contributed by atoms with Crippen molar-refractivity contribution < 1.29 is 9.84 Å². The van der Waals surface area contributed by atoms with Gasteiger partial charge >= 0.3 is 0 Å². The molecule has 1 N–H and O–H groups in total. The summed E-state index contributed by atoms with van der Waals surface area (Å²) >= 11 is 0. The Kier molecular flexibility index (Phi) is 3.33. The molecule has 0 unspecified atom stereocenters. The summed E-state index contributed by atoms with van der Waals surface area (Å²) in [6.07, 6.45) is 0. The molecular formula is C15H16O2. The van der Waals surface area contributed by atoms with Crippen molar-refractivity contribution in [3.63, 3.8) is 0 Å². The highest BCUT2D eigenvalue weighted by atomic mass is 16.5. The van der Waals surface area contributed by atoms with Crippen molar-refractivity contribution in [3.05, 3.63) is 59.2 Å². The van der Waals surface area contributed by atoms with Gasteiger partial charge in [-0.2, -0.15) is 0 Å². The van der Waals surface area contributed by atoms with Crippen LogP contribution in [0.3, 0.4) is 0 Å². The molecule has 2 aromatic carbocycles. The lowest BCUT2D eigenvalue weighted by molar-refractivity contribution is 0.303. The SMILES string of the molecule is Cc1ccc(OCc2cccc(O)c2)c(C)c1. The number of benzene rings is 2. The Morgan fingerprint density at radius 1 is 1.06 bits per heavy atom. The second-order valence-corrected chi connectivity index (χ2v) is 4.23. The minimum atomic E-state index is 0.270. The Balaban J connectivity index is 2.07. The third-order valence-electron chi connectivity index (χ3n) is 2.64. The molecule has 0 aromatic heterocycles. The Labute approximate surface area is 101 Å². The topological polar surface area (TPSA) is 29.5 Å². The van der Waals surface area contributed by atoms with Gasteiger partial charge in [0, 0.05) is 0 Å². The van der Waals surface area contributed by atoms with Crippen LogP contribution in [0.4, 0.5) is 0 Å². The smallest absolute Gasteiger partial charge is 0.122 e. The molecule has 0 atom stereocenters. The number of hydrogen-bond donors (Lipinski definition) is 1.